The fourth-order valence-corrected chi connectivity index (χ4v) is 6.54. The average molecular weight is 510 g/mol. The molecule has 1 fully saturated rings. The molecule has 1 saturated heterocycles. The normalized spacial score (nSPS) is 15.7. The number of hydrogen-bond acceptors (Lipinski definition) is 6. The number of hydrogen-bond donors (Lipinski definition) is 2. The Labute approximate surface area is 201 Å². The van der Waals surface area contributed by atoms with Crippen molar-refractivity contribution in [3.63, 3.8) is 0 Å². The maximum atomic E-state index is 13.1. The van der Waals surface area contributed by atoms with Crippen LogP contribution in [0.4, 0.5) is 0 Å². The number of amides is 1. The van der Waals surface area contributed by atoms with Crippen LogP contribution in [0, 0.1) is 19.8 Å². The molecule has 1 aliphatic rings. The van der Waals surface area contributed by atoms with Crippen molar-refractivity contribution in [2.45, 2.75) is 36.5 Å². The molecule has 2 aromatic carbocycles. The van der Waals surface area contributed by atoms with Crippen LogP contribution in [0.15, 0.2) is 52.3 Å². The highest BCUT2D eigenvalue weighted by Gasteiger charge is 2.33. The lowest BCUT2D eigenvalue weighted by atomic mass is 9.97. The van der Waals surface area contributed by atoms with E-state index in [-0.39, 0.29) is 47.8 Å². The molecule has 0 aliphatic carbocycles. The van der Waals surface area contributed by atoms with Crippen LogP contribution >= 0.6 is 0 Å². The third kappa shape index (κ3) is 6.15. The van der Waals surface area contributed by atoms with Crippen molar-refractivity contribution in [2.24, 2.45) is 5.92 Å². The molecule has 34 heavy (non-hydrogen) atoms. The number of nitrogens with one attached hydrogen (secondary N) is 2. The maximum Gasteiger partial charge on any atom is 0.246 e. The average Bonchev–Trinajstić information content (AvgIpc) is 2.82. The Bertz CT molecular complexity index is 1220. The predicted octanol–water partition coefficient (Wildman–Crippen LogP) is 1.81. The van der Waals surface area contributed by atoms with Gasteiger partial charge in [-0.25, -0.2) is 21.6 Å². The number of carbonyl (C=O) groups is 1. The Balaban J connectivity index is 1.49. The summed E-state index contributed by atoms with van der Waals surface area (Å²) in [4.78, 5) is 12.8. The van der Waals surface area contributed by atoms with Crippen molar-refractivity contribution in [3.8, 4) is 5.75 Å². The van der Waals surface area contributed by atoms with E-state index in [1.807, 2.05) is 13.8 Å². The SMILES string of the molecule is COc1ccc(C)cc1S(=O)(=O)N1CCC(C(=O)NCCNS(=O)(=O)c2ccc(C)cc2)CC1. The molecule has 0 aromatic heterocycles. The zero-order chi connectivity index (χ0) is 24.9. The summed E-state index contributed by atoms with van der Waals surface area (Å²) in [5.74, 6) is -0.252. The summed E-state index contributed by atoms with van der Waals surface area (Å²) in [5.41, 5.74) is 1.77. The summed E-state index contributed by atoms with van der Waals surface area (Å²) in [6.45, 7) is 4.33. The number of piperidine rings is 1. The first-order valence-electron chi connectivity index (χ1n) is 11.0. The first kappa shape index (κ1) is 26.1. The highest BCUT2D eigenvalue weighted by Crippen LogP contribution is 2.30. The van der Waals surface area contributed by atoms with E-state index in [2.05, 4.69) is 10.0 Å². The van der Waals surface area contributed by atoms with Crippen LogP contribution in [0.2, 0.25) is 0 Å². The number of rotatable bonds is 9. The zero-order valence-electron chi connectivity index (χ0n) is 19.6. The fraction of sp³-hybridized carbons (Fsp3) is 0.435. The van der Waals surface area contributed by atoms with E-state index < -0.39 is 20.0 Å². The summed E-state index contributed by atoms with van der Waals surface area (Å²) in [6.07, 6.45) is 0.766. The van der Waals surface area contributed by atoms with Crippen molar-refractivity contribution < 1.29 is 26.4 Å². The van der Waals surface area contributed by atoms with E-state index in [4.69, 9.17) is 4.74 Å². The van der Waals surface area contributed by atoms with Crippen LogP contribution in [0.25, 0.3) is 0 Å². The molecule has 0 unspecified atom stereocenters. The van der Waals surface area contributed by atoms with Crippen LogP contribution in [0.5, 0.6) is 5.75 Å². The Morgan fingerprint density at radius 1 is 0.971 bits per heavy atom. The van der Waals surface area contributed by atoms with Crippen molar-refractivity contribution in [1.29, 1.82) is 0 Å². The molecular formula is C23H31N3O6S2. The topological polar surface area (TPSA) is 122 Å². The summed E-state index contributed by atoms with van der Waals surface area (Å²) in [6, 6.07) is 11.5. The summed E-state index contributed by atoms with van der Waals surface area (Å²) in [7, 11) is -5.95. The van der Waals surface area contributed by atoms with Crippen molar-refractivity contribution >= 4 is 26.0 Å². The molecule has 0 atom stereocenters. The molecule has 0 spiro atoms. The van der Waals surface area contributed by atoms with Gasteiger partial charge in [-0.05, 0) is 56.5 Å². The molecule has 1 aliphatic heterocycles. The molecule has 0 saturated carbocycles. The maximum absolute atomic E-state index is 13.1. The first-order chi connectivity index (χ1) is 16.0. The van der Waals surface area contributed by atoms with Gasteiger partial charge in [-0.3, -0.25) is 4.79 Å². The van der Waals surface area contributed by atoms with E-state index in [9.17, 15) is 21.6 Å². The van der Waals surface area contributed by atoms with Gasteiger partial charge < -0.3 is 10.1 Å². The van der Waals surface area contributed by atoms with Crippen molar-refractivity contribution in [3.05, 3.63) is 53.6 Å². The minimum absolute atomic E-state index is 0.0579. The third-order valence-electron chi connectivity index (χ3n) is 5.81. The summed E-state index contributed by atoms with van der Waals surface area (Å²) < 4.78 is 59.9. The van der Waals surface area contributed by atoms with Gasteiger partial charge in [0.25, 0.3) is 0 Å². The highest BCUT2D eigenvalue weighted by atomic mass is 32.2. The Morgan fingerprint density at radius 3 is 2.21 bits per heavy atom. The molecule has 1 heterocycles. The van der Waals surface area contributed by atoms with E-state index >= 15 is 0 Å². The lowest BCUT2D eigenvalue weighted by molar-refractivity contribution is -0.126. The number of methoxy groups -OCH3 is 1. The molecule has 0 radical (unpaired) electrons. The molecule has 0 bridgehead atoms. The monoisotopic (exact) mass is 509 g/mol. The van der Waals surface area contributed by atoms with Crippen molar-refractivity contribution in [2.75, 3.05) is 33.3 Å². The Hall–Kier alpha value is -2.47. The molecule has 186 valence electrons. The number of benzene rings is 2. The predicted molar refractivity (Wildman–Crippen MR) is 129 cm³/mol. The minimum atomic E-state index is -3.74. The van der Waals surface area contributed by atoms with E-state index in [0.717, 1.165) is 11.1 Å². The van der Waals surface area contributed by atoms with E-state index in [1.165, 1.54) is 23.5 Å². The van der Waals surface area contributed by atoms with Crippen LogP contribution in [0.1, 0.15) is 24.0 Å². The van der Waals surface area contributed by atoms with Gasteiger partial charge >= 0.3 is 0 Å². The number of sulfonamides is 2. The number of aryl methyl sites for hydroxylation is 2. The largest absolute Gasteiger partial charge is 0.495 e. The Morgan fingerprint density at radius 2 is 1.59 bits per heavy atom. The van der Waals surface area contributed by atoms with Crippen LogP contribution < -0.4 is 14.8 Å². The van der Waals surface area contributed by atoms with E-state index in [0.29, 0.717) is 18.6 Å². The summed E-state index contributed by atoms with van der Waals surface area (Å²) in [5, 5.41) is 2.74. The molecular weight excluding hydrogens is 478 g/mol. The second-order valence-corrected chi connectivity index (χ2v) is 12.0. The zero-order valence-corrected chi connectivity index (χ0v) is 21.2. The molecule has 2 N–H and O–H groups in total. The number of ether oxygens (including phenoxy) is 1. The van der Waals surface area contributed by atoms with Crippen molar-refractivity contribution in [1.82, 2.24) is 14.3 Å². The van der Waals surface area contributed by atoms with Gasteiger partial charge in [-0.1, -0.05) is 23.8 Å². The molecule has 9 nitrogen and oxygen atoms in total. The smallest absolute Gasteiger partial charge is 0.246 e. The number of carbonyl (C=O) groups excluding carboxylic acids is 1. The van der Waals surface area contributed by atoms with Gasteiger partial charge in [0.2, 0.25) is 26.0 Å². The third-order valence-corrected chi connectivity index (χ3v) is 9.21. The second-order valence-electron chi connectivity index (χ2n) is 8.33. The standard InChI is InChI=1S/C23H31N3O6S2/c1-17-4-7-20(8-5-17)33(28,29)25-13-12-24-23(27)19-10-14-26(15-11-19)34(30,31)22-16-18(2)6-9-21(22)32-3/h4-9,16,19,25H,10-15H2,1-3H3,(H,24,27). The van der Waals surface area contributed by atoms with Crippen LogP contribution in [-0.4, -0.2) is 60.3 Å². The molecule has 2 aromatic rings. The van der Waals surface area contributed by atoms with Gasteiger partial charge in [0.1, 0.15) is 10.6 Å². The lowest BCUT2D eigenvalue weighted by Gasteiger charge is -2.31. The molecule has 3 rings (SSSR count). The van der Waals surface area contributed by atoms with Gasteiger partial charge in [0.15, 0.2) is 0 Å². The van der Waals surface area contributed by atoms with Gasteiger partial charge in [0, 0.05) is 32.1 Å². The lowest BCUT2D eigenvalue weighted by Crippen LogP contribution is -2.44. The highest BCUT2D eigenvalue weighted by molar-refractivity contribution is 7.89. The van der Waals surface area contributed by atoms with E-state index in [1.54, 1.807) is 30.3 Å². The fourth-order valence-electron chi connectivity index (χ4n) is 3.80. The minimum Gasteiger partial charge on any atom is -0.495 e. The van der Waals surface area contributed by atoms with Crippen LogP contribution in [-0.2, 0) is 24.8 Å². The first-order valence-corrected chi connectivity index (χ1v) is 14.0. The van der Waals surface area contributed by atoms with Gasteiger partial charge in [-0.15, -0.1) is 0 Å². The van der Waals surface area contributed by atoms with Gasteiger partial charge in [0.05, 0.1) is 12.0 Å². The second kappa shape index (κ2) is 10.9. The Kier molecular flexibility index (Phi) is 8.34. The van der Waals surface area contributed by atoms with Gasteiger partial charge in [-0.2, -0.15) is 4.31 Å². The number of nitrogens with zero attached hydrogens (tertiary/aromatic N) is 1. The quantitative estimate of drug-likeness (QED) is 0.497. The summed E-state index contributed by atoms with van der Waals surface area (Å²) >= 11 is 0. The van der Waals surface area contributed by atoms with Crippen LogP contribution in [0.3, 0.4) is 0 Å². The molecule has 1 amide bonds. The molecule has 11 heteroatoms.